The first kappa shape index (κ1) is 30.1. The molecule has 1 aromatic heterocycles. The number of halogens is 7. The third-order valence-corrected chi connectivity index (χ3v) is 10.7. The number of ether oxygens (including phenoxy) is 2. The second-order valence-corrected chi connectivity index (χ2v) is 13.7. The highest BCUT2D eigenvalue weighted by molar-refractivity contribution is 6.36. The van der Waals surface area contributed by atoms with Crippen LogP contribution in [0.4, 0.5) is 37.8 Å². The largest absolute Gasteiger partial charge is 0.489 e. The number of piperazine rings is 1. The molecule has 0 unspecified atom stereocenters. The lowest BCUT2D eigenvalue weighted by Crippen LogP contribution is -2.60. The van der Waals surface area contributed by atoms with E-state index >= 15 is 4.39 Å². The lowest BCUT2D eigenvalue weighted by molar-refractivity contribution is -0.137. The van der Waals surface area contributed by atoms with Crippen LogP contribution in [-0.4, -0.2) is 77.3 Å². The van der Waals surface area contributed by atoms with E-state index < -0.39 is 40.1 Å². The van der Waals surface area contributed by atoms with Gasteiger partial charge in [-0.3, -0.25) is 4.90 Å². The molecule has 2 bridgehead atoms. The number of hydrogen-bond acceptors (Lipinski definition) is 8. The first-order valence-corrected chi connectivity index (χ1v) is 15.7. The summed E-state index contributed by atoms with van der Waals surface area (Å²) in [6.45, 7) is 1.84. The van der Waals surface area contributed by atoms with Crippen LogP contribution >= 0.6 is 11.6 Å². The molecule has 5 aliphatic rings. The number of nitrogens with two attached hydrogens (primary N) is 1. The van der Waals surface area contributed by atoms with Crippen LogP contribution < -0.4 is 25.4 Å². The van der Waals surface area contributed by atoms with Gasteiger partial charge in [-0.1, -0.05) is 11.6 Å². The zero-order valence-electron chi connectivity index (χ0n) is 24.8. The van der Waals surface area contributed by atoms with Gasteiger partial charge in [0.05, 0.1) is 34.1 Å². The van der Waals surface area contributed by atoms with Crippen LogP contribution in [0.2, 0.25) is 5.02 Å². The number of anilines is 2. The van der Waals surface area contributed by atoms with Crippen LogP contribution in [0.25, 0.3) is 22.0 Å². The molecule has 2 aromatic carbocycles. The van der Waals surface area contributed by atoms with Crippen molar-refractivity contribution in [3.05, 3.63) is 34.1 Å². The zero-order valence-corrected chi connectivity index (χ0v) is 25.5. The Hall–Kier alpha value is -3.23. The molecule has 4 fully saturated rings. The van der Waals surface area contributed by atoms with Gasteiger partial charge in [-0.25, -0.2) is 13.2 Å². The number of nitrogens with one attached hydrogen (secondary N) is 1. The van der Waals surface area contributed by atoms with E-state index in [9.17, 15) is 22.0 Å². The molecule has 5 aliphatic heterocycles. The van der Waals surface area contributed by atoms with Gasteiger partial charge in [0.1, 0.15) is 24.5 Å². The predicted octanol–water partition coefficient (Wildman–Crippen LogP) is 5.95. The van der Waals surface area contributed by atoms with E-state index in [-0.39, 0.29) is 89.1 Å². The number of nitrogens with zero attached hydrogens (tertiary/aromatic N) is 4. The van der Waals surface area contributed by atoms with Crippen molar-refractivity contribution < 1.29 is 35.8 Å². The van der Waals surface area contributed by atoms with Gasteiger partial charge in [-0.2, -0.15) is 23.1 Å². The molecule has 4 atom stereocenters. The van der Waals surface area contributed by atoms with Gasteiger partial charge in [0.15, 0.2) is 11.6 Å². The van der Waals surface area contributed by atoms with Crippen LogP contribution in [0.3, 0.4) is 0 Å². The van der Waals surface area contributed by atoms with E-state index in [0.29, 0.717) is 19.5 Å². The summed E-state index contributed by atoms with van der Waals surface area (Å²) in [7, 11) is 0. The Kier molecular flexibility index (Phi) is 6.64. The minimum atomic E-state index is -4.86. The van der Waals surface area contributed by atoms with Crippen molar-refractivity contribution >= 4 is 34.0 Å². The van der Waals surface area contributed by atoms with Crippen LogP contribution in [0, 0.1) is 12.7 Å². The van der Waals surface area contributed by atoms with Crippen molar-refractivity contribution in [3.8, 4) is 22.9 Å². The van der Waals surface area contributed by atoms with Gasteiger partial charge in [0.25, 0.3) is 5.92 Å². The van der Waals surface area contributed by atoms with Crippen molar-refractivity contribution in [2.75, 3.05) is 43.5 Å². The maximum absolute atomic E-state index is 16.9. The lowest BCUT2D eigenvalue weighted by atomic mass is 9.93. The fourth-order valence-corrected chi connectivity index (χ4v) is 8.78. The van der Waals surface area contributed by atoms with Gasteiger partial charge < -0.3 is 25.4 Å². The molecule has 3 aromatic rings. The van der Waals surface area contributed by atoms with Gasteiger partial charge >= 0.3 is 12.2 Å². The smallest absolute Gasteiger partial charge is 0.417 e. The number of benzene rings is 2. The molecule has 46 heavy (non-hydrogen) atoms. The standard InChI is InChI=1S/C31H31ClF6N6O2/c1-14-7-15(39)8-17(22(14)31(36,37)38)20-23(32)26-21-25(24(20)33)41-28(46-13-29-5-2-6-43(29)12-30(34,35)11-29)42-27(21)44-9-16-3-4-18(40-16)19(44)10-45-26/h7-8,16,18-19,40H,2-6,9-13,39H2,1H3/t16-,18+,19-,29-/m1/s1. The molecule has 0 aliphatic carbocycles. The summed E-state index contributed by atoms with van der Waals surface area (Å²) < 4.78 is 101. The van der Waals surface area contributed by atoms with Gasteiger partial charge in [-0.15, -0.1) is 0 Å². The second-order valence-electron chi connectivity index (χ2n) is 13.3. The molecule has 246 valence electrons. The summed E-state index contributed by atoms with van der Waals surface area (Å²) in [5.41, 5.74) is 2.30. The molecular weight excluding hydrogens is 638 g/mol. The molecule has 0 saturated carbocycles. The minimum Gasteiger partial charge on any atom is -0.489 e. The Morgan fingerprint density at radius 1 is 1.22 bits per heavy atom. The van der Waals surface area contributed by atoms with Crippen molar-refractivity contribution in [2.24, 2.45) is 0 Å². The fraction of sp³-hybridized carbons (Fsp3) is 0.548. The van der Waals surface area contributed by atoms with Gasteiger partial charge in [-0.05, 0) is 56.8 Å². The molecule has 0 spiro atoms. The molecule has 4 saturated heterocycles. The molecular formula is C31H31ClF6N6O2. The summed E-state index contributed by atoms with van der Waals surface area (Å²) in [6.07, 6.45) is -2.25. The van der Waals surface area contributed by atoms with E-state index in [4.69, 9.17) is 31.8 Å². The number of nitrogen functional groups attached to an aromatic ring is 1. The molecule has 6 heterocycles. The van der Waals surface area contributed by atoms with Crippen molar-refractivity contribution in [1.29, 1.82) is 0 Å². The number of aryl methyl sites for hydroxylation is 1. The number of hydrogen-bond donors (Lipinski definition) is 2. The highest BCUT2D eigenvalue weighted by Crippen LogP contribution is 2.52. The van der Waals surface area contributed by atoms with Gasteiger partial charge in [0.2, 0.25) is 0 Å². The topological polar surface area (TPSA) is 88.8 Å². The third-order valence-electron chi connectivity index (χ3n) is 10.3. The number of aromatic nitrogens is 2. The maximum atomic E-state index is 16.9. The maximum Gasteiger partial charge on any atom is 0.417 e. The summed E-state index contributed by atoms with van der Waals surface area (Å²) in [5, 5.41) is 3.33. The van der Waals surface area contributed by atoms with Gasteiger partial charge in [0, 0.05) is 41.9 Å². The SMILES string of the molecule is Cc1cc(N)cc(-c2c(Cl)c3c4c(nc(OC[C@]56CCCN5CC(F)(F)C6)nc4c2F)N2C[C@H]4CC[C@H](N4)[C@H]2CO3)c1C(F)(F)F. The second kappa shape index (κ2) is 10.1. The van der Waals surface area contributed by atoms with Crippen molar-refractivity contribution in [1.82, 2.24) is 20.2 Å². The van der Waals surface area contributed by atoms with Crippen LogP contribution in [-0.2, 0) is 6.18 Å². The Bertz CT molecular complexity index is 1770. The molecule has 8 nitrogen and oxygen atoms in total. The number of fused-ring (bicyclic) bond motifs is 6. The highest BCUT2D eigenvalue weighted by Gasteiger charge is 2.57. The third kappa shape index (κ3) is 4.57. The Labute approximate surface area is 265 Å². The van der Waals surface area contributed by atoms with E-state index in [1.807, 2.05) is 4.90 Å². The van der Waals surface area contributed by atoms with Crippen molar-refractivity contribution in [2.45, 2.75) is 74.8 Å². The Balaban J connectivity index is 1.33. The van der Waals surface area contributed by atoms with E-state index in [0.717, 1.165) is 31.4 Å². The normalized spacial score (nSPS) is 28.3. The van der Waals surface area contributed by atoms with E-state index in [1.54, 1.807) is 4.90 Å². The summed E-state index contributed by atoms with van der Waals surface area (Å²) in [4.78, 5) is 12.8. The number of rotatable bonds is 4. The lowest BCUT2D eigenvalue weighted by Gasteiger charge is -2.40. The van der Waals surface area contributed by atoms with Crippen molar-refractivity contribution in [3.63, 3.8) is 0 Å². The quantitative estimate of drug-likeness (QED) is 0.261. The molecule has 0 radical (unpaired) electrons. The summed E-state index contributed by atoms with van der Waals surface area (Å²) >= 11 is 6.81. The van der Waals surface area contributed by atoms with Crippen LogP contribution in [0.1, 0.15) is 43.2 Å². The van der Waals surface area contributed by atoms with Crippen LogP contribution in [0.5, 0.6) is 11.8 Å². The fourth-order valence-electron chi connectivity index (χ4n) is 8.44. The van der Waals surface area contributed by atoms with E-state index in [1.165, 1.54) is 6.92 Å². The molecule has 3 N–H and O–H groups in total. The Morgan fingerprint density at radius 3 is 2.80 bits per heavy atom. The minimum absolute atomic E-state index is 0.0109. The van der Waals surface area contributed by atoms with E-state index in [2.05, 4.69) is 10.3 Å². The average molecular weight is 669 g/mol. The average Bonchev–Trinajstić information content (AvgIpc) is 3.56. The molecule has 0 amide bonds. The highest BCUT2D eigenvalue weighted by atomic mass is 35.5. The molecule has 15 heteroatoms. The first-order chi connectivity index (χ1) is 21.7. The summed E-state index contributed by atoms with van der Waals surface area (Å²) in [6, 6.07) is 1.84. The zero-order chi connectivity index (χ0) is 32.3. The molecule has 8 rings (SSSR count). The Morgan fingerprint density at radius 2 is 2.02 bits per heavy atom. The predicted molar refractivity (Wildman–Crippen MR) is 159 cm³/mol. The number of alkyl halides is 5. The monoisotopic (exact) mass is 668 g/mol. The first-order valence-electron chi connectivity index (χ1n) is 15.4. The summed E-state index contributed by atoms with van der Waals surface area (Å²) in [5.74, 6) is -3.76. The van der Waals surface area contributed by atoms with Crippen LogP contribution in [0.15, 0.2) is 12.1 Å².